The Bertz CT molecular complexity index is 811. The predicted octanol–water partition coefficient (Wildman–Crippen LogP) is 5.37. The Kier molecular flexibility index (Phi) is 4.43. The number of hydrogen-bond acceptors (Lipinski definition) is 1. The number of aryl methyl sites for hydroxylation is 1. The molecule has 0 N–H and O–H groups in total. The maximum absolute atomic E-state index is 6.28. The van der Waals surface area contributed by atoms with Gasteiger partial charge in [-0.2, -0.15) is 0 Å². The van der Waals surface area contributed by atoms with Crippen LogP contribution in [0.3, 0.4) is 0 Å². The maximum Gasteiger partial charge on any atom is 0.115 e. The number of imidazole rings is 1. The molecule has 3 rings (SSSR count). The summed E-state index contributed by atoms with van der Waals surface area (Å²) in [6.07, 6.45) is 0.721. The third-order valence-corrected chi connectivity index (χ3v) is 4.75. The molecule has 3 aromatic rings. The normalized spacial score (nSPS) is 11.2. The van der Waals surface area contributed by atoms with Crippen molar-refractivity contribution in [3.05, 3.63) is 56.4 Å². The number of benzene rings is 2. The van der Waals surface area contributed by atoms with E-state index in [1.165, 1.54) is 3.57 Å². The van der Waals surface area contributed by atoms with E-state index in [-0.39, 0.29) is 0 Å². The average molecular weight is 431 g/mol. The van der Waals surface area contributed by atoms with Crippen molar-refractivity contribution in [3.63, 3.8) is 0 Å². The lowest BCUT2D eigenvalue weighted by Crippen LogP contribution is -2.04. The third kappa shape index (κ3) is 2.79. The van der Waals surface area contributed by atoms with E-state index in [1.54, 1.807) is 0 Å². The van der Waals surface area contributed by atoms with Crippen molar-refractivity contribution in [2.24, 2.45) is 0 Å². The van der Waals surface area contributed by atoms with Crippen molar-refractivity contribution in [1.29, 1.82) is 0 Å². The molecule has 2 aromatic carbocycles. The Morgan fingerprint density at radius 2 is 2.05 bits per heavy atom. The van der Waals surface area contributed by atoms with Gasteiger partial charge in [0.05, 0.1) is 16.7 Å². The monoisotopic (exact) mass is 430 g/mol. The lowest BCUT2D eigenvalue weighted by molar-refractivity contribution is 0.907. The van der Waals surface area contributed by atoms with Crippen molar-refractivity contribution in [3.8, 4) is 5.69 Å². The van der Waals surface area contributed by atoms with E-state index in [4.69, 9.17) is 28.2 Å². The molecule has 0 atom stereocenters. The average Bonchev–Trinajstić information content (AvgIpc) is 2.79. The van der Waals surface area contributed by atoms with Crippen LogP contribution in [0.4, 0.5) is 0 Å². The zero-order valence-electron chi connectivity index (χ0n) is 11.4. The lowest BCUT2D eigenvalue weighted by atomic mass is 10.2. The summed E-state index contributed by atoms with van der Waals surface area (Å²) in [5.74, 6) is 1.51. The predicted molar refractivity (Wildman–Crippen MR) is 98.0 cm³/mol. The Labute approximate surface area is 147 Å². The first-order chi connectivity index (χ1) is 10.1. The van der Waals surface area contributed by atoms with Crippen LogP contribution < -0.4 is 0 Å². The fourth-order valence-corrected chi connectivity index (χ4v) is 3.28. The molecule has 21 heavy (non-hydrogen) atoms. The zero-order valence-corrected chi connectivity index (χ0v) is 15.1. The Balaban J connectivity index is 2.33. The van der Waals surface area contributed by atoms with Gasteiger partial charge in [0.1, 0.15) is 5.82 Å². The highest BCUT2D eigenvalue weighted by atomic mass is 127. The van der Waals surface area contributed by atoms with Gasteiger partial charge in [-0.15, -0.1) is 11.6 Å². The quantitative estimate of drug-likeness (QED) is 0.403. The summed E-state index contributed by atoms with van der Waals surface area (Å²) in [5, 5.41) is 0.761. The molecule has 0 saturated heterocycles. The van der Waals surface area contributed by atoms with Crippen LogP contribution in [0.2, 0.25) is 5.02 Å². The van der Waals surface area contributed by atoms with Gasteiger partial charge in [0, 0.05) is 20.9 Å². The molecule has 108 valence electrons. The van der Waals surface area contributed by atoms with Gasteiger partial charge in [0.2, 0.25) is 0 Å². The van der Waals surface area contributed by atoms with Crippen LogP contribution >= 0.6 is 45.8 Å². The highest BCUT2D eigenvalue weighted by molar-refractivity contribution is 14.1. The number of halogens is 3. The molecule has 2 nitrogen and oxygen atoms in total. The van der Waals surface area contributed by atoms with E-state index in [1.807, 2.05) is 19.1 Å². The molecule has 0 radical (unpaired) electrons. The fourth-order valence-electron chi connectivity index (χ4n) is 2.46. The van der Waals surface area contributed by atoms with Crippen molar-refractivity contribution in [2.45, 2.75) is 13.3 Å². The number of fused-ring (bicyclic) bond motifs is 1. The largest absolute Gasteiger partial charge is 0.296 e. The molecule has 1 aromatic heterocycles. The molecular formula is C16H13Cl2IN2. The first-order valence-electron chi connectivity index (χ1n) is 6.60. The molecule has 0 bridgehead atoms. The number of alkyl halides is 1. The molecule has 1 heterocycles. The zero-order chi connectivity index (χ0) is 15.0. The number of aromatic nitrogens is 2. The maximum atomic E-state index is 6.28. The fraction of sp³-hybridized carbons (Fsp3) is 0.188. The van der Waals surface area contributed by atoms with Crippen molar-refractivity contribution < 1.29 is 0 Å². The highest BCUT2D eigenvalue weighted by Gasteiger charge is 2.14. The van der Waals surface area contributed by atoms with Gasteiger partial charge >= 0.3 is 0 Å². The second kappa shape index (κ2) is 6.15. The number of rotatable bonds is 3. The van der Waals surface area contributed by atoms with Crippen LogP contribution in [0.25, 0.3) is 16.7 Å². The Morgan fingerprint density at radius 3 is 2.81 bits per heavy atom. The summed E-state index contributed by atoms with van der Waals surface area (Å²) in [5.41, 5.74) is 4.18. The van der Waals surface area contributed by atoms with E-state index in [2.05, 4.69) is 51.4 Å². The van der Waals surface area contributed by atoms with Gasteiger partial charge in [-0.1, -0.05) is 17.7 Å². The number of nitrogens with zero attached hydrogens (tertiary/aromatic N) is 2. The molecule has 0 saturated carbocycles. The summed E-state index contributed by atoms with van der Waals surface area (Å²) < 4.78 is 3.33. The molecule has 0 aliphatic rings. The minimum Gasteiger partial charge on any atom is -0.296 e. The molecule has 0 aliphatic carbocycles. The molecule has 0 amide bonds. The van der Waals surface area contributed by atoms with Gasteiger partial charge in [0.25, 0.3) is 0 Å². The standard InChI is InChI=1S/C16H13Cl2IN2/c1-10-12(18)3-2-4-14(10)21-15-6-5-11(19)9-13(15)20-16(21)7-8-17/h2-6,9H,7-8H2,1H3. The molecule has 0 aliphatic heterocycles. The highest BCUT2D eigenvalue weighted by Crippen LogP contribution is 2.28. The van der Waals surface area contributed by atoms with Gasteiger partial charge in [-0.05, 0) is 65.4 Å². The second-order valence-corrected chi connectivity index (χ2v) is 6.85. The molecule has 0 spiro atoms. The molecule has 5 heteroatoms. The molecule has 0 unspecified atom stereocenters. The summed E-state index contributed by atoms with van der Waals surface area (Å²) in [7, 11) is 0. The van der Waals surface area contributed by atoms with E-state index < -0.39 is 0 Å². The van der Waals surface area contributed by atoms with E-state index >= 15 is 0 Å². The topological polar surface area (TPSA) is 17.8 Å². The lowest BCUT2D eigenvalue weighted by Gasteiger charge is -2.12. The second-order valence-electron chi connectivity index (χ2n) is 4.82. The van der Waals surface area contributed by atoms with E-state index in [0.29, 0.717) is 5.88 Å². The van der Waals surface area contributed by atoms with Gasteiger partial charge in [-0.25, -0.2) is 4.98 Å². The van der Waals surface area contributed by atoms with E-state index in [0.717, 1.165) is 39.6 Å². The van der Waals surface area contributed by atoms with Crippen molar-refractivity contribution in [2.75, 3.05) is 5.88 Å². The Hall–Kier alpha value is -0.780. The van der Waals surface area contributed by atoms with E-state index in [9.17, 15) is 0 Å². The van der Waals surface area contributed by atoms with Crippen LogP contribution in [0.15, 0.2) is 36.4 Å². The van der Waals surface area contributed by atoms with Gasteiger partial charge < -0.3 is 0 Å². The summed E-state index contributed by atoms with van der Waals surface area (Å²) >= 11 is 14.5. The summed E-state index contributed by atoms with van der Waals surface area (Å²) in [4.78, 5) is 4.74. The first kappa shape index (κ1) is 15.1. The summed E-state index contributed by atoms with van der Waals surface area (Å²) in [6.45, 7) is 2.03. The first-order valence-corrected chi connectivity index (χ1v) is 8.59. The van der Waals surface area contributed by atoms with Crippen LogP contribution in [0.5, 0.6) is 0 Å². The molecule has 0 fully saturated rings. The van der Waals surface area contributed by atoms with Crippen molar-refractivity contribution in [1.82, 2.24) is 9.55 Å². The van der Waals surface area contributed by atoms with Gasteiger partial charge in [0.15, 0.2) is 0 Å². The number of hydrogen-bond donors (Lipinski definition) is 0. The van der Waals surface area contributed by atoms with Crippen LogP contribution in [0, 0.1) is 10.5 Å². The van der Waals surface area contributed by atoms with Crippen LogP contribution in [-0.4, -0.2) is 15.4 Å². The molecular weight excluding hydrogens is 418 g/mol. The summed E-state index contributed by atoms with van der Waals surface area (Å²) in [6, 6.07) is 12.2. The van der Waals surface area contributed by atoms with Crippen LogP contribution in [-0.2, 0) is 6.42 Å². The van der Waals surface area contributed by atoms with Crippen molar-refractivity contribution >= 4 is 56.8 Å². The van der Waals surface area contributed by atoms with Crippen LogP contribution in [0.1, 0.15) is 11.4 Å². The minimum atomic E-state index is 0.542. The SMILES string of the molecule is Cc1c(Cl)cccc1-n1c(CCCl)nc2cc(I)ccc21. The van der Waals surface area contributed by atoms with Gasteiger partial charge in [-0.3, -0.25) is 4.57 Å². The third-order valence-electron chi connectivity index (χ3n) is 3.48. The Morgan fingerprint density at radius 1 is 1.24 bits per heavy atom. The smallest absolute Gasteiger partial charge is 0.115 e. The minimum absolute atomic E-state index is 0.542.